The van der Waals surface area contributed by atoms with Crippen molar-refractivity contribution in [1.82, 2.24) is 15.0 Å². The molecular weight excluding hydrogens is 495 g/mol. The lowest BCUT2D eigenvalue weighted by atomic mass is 10.1. The molecule has 2 aromatic heterocycles. The lowest BCUT2D eigenvalue weighted by Gasteiger charge is -2.11. The van der Waals surface area contributed by atoms with Crippen molar-refractivity contribution in [2.75, 3.05) is 13.2 Å². The van der Waals surface area contributed by atoms with Crippen LogP contribution in [0.15, 0.2) is 40.8 Å². The number of carboxylic acids is 1. The summed E-state index contributed by atoms with van der Waals surface area (Å²) in [6, 6.07) is 7.38. The van der Waals surface area contributed by atoms with Crippen LogP contribution in [-0.2, 0) is 11.0 Å². The summed E-state index contributed by atoms with van der Waals surface area (Å²) in [5.74, 6) is -0.251. The van der Waals surface area contributed by atoms with E-state index in [-0.39, 0.29) is 34.8 Å². The molecule has 4 aromatic rings. The monoisotopic (exact) mass is 517 g/mol. The second-order valence-corrected chi connectivity index (χ2v) is 8.08. The number of halogens is 3. The molecule has 0 aliphatic rings. The molecule has 9 nitrogen and oxygen atoms in total. The van der Waals surface area contributed by atoms with Gasteiger partial charge < -0.3 is 23.7 Å². The number of nitrogens with zero attached hydrogens (tertiary/aromatic N) is 3. The fourth-order valence-electron chi connectivity index (χ4n) is 3.50. The van der Waals surface area contributed by atoms with Crippen molar-refractivity contribution in [3.8, 4) is 34.8 Å². The summed E-state index contributed by atoms with van der Waals surface area (Å²) in [5, 5.41) is 8.89. The quantitative estimate of drug-likeness (QED) is 0.287. The Morgan fingerprint density at radius 1 is 1.03 bits per heavy atom. The van der Waals surface area contributed by atoms with E-state index < -0.39 is 24.3 Å². The van der Waals surface area contributed by atoms with E-state index in [2.05, 4.69) is 15.0 Å². The van der Waals surface area contributed by atoms with Gasteiger partial charge in [-0.1, -0.05) is 6.92 Å². The molecule has 0 saturated carbocycles. The Labute approximate surface area is 208 Å². The predicted octanol–water partition coefficient (Wildman–Crippen LogP) is 5.96. The number of oxazole rings is 1. The van der Waals surface area contributed by atoms with Gasteiger partial charge in [0.25, 0.3) is 11.6 Å². The standard InChI is InChI=1S/C25H22F3N3O6/c1-4-9-34-22-19-23(31-24(30-22)36-17-7-5-16(6-8-17)25(26,27)28)37-21(29-19)15-10-13(2)20(14(3)11-15)35-12-18(32)33/h5-8,10-11H,4,9,12H2,1-3H3,(H,32,33). The van der Waals surface area contributed by atoms with Crippen LogP contribution >= 0.6 is 0 Å². The van der Waals surface area contributed by atoms with Crippen LogP contribution in [0.4, 0.5) is 13.2 Å². The minimum absolute atomic E-state index is 0.0551. The van der Waals surface area contributed by atoms with E-state index in [0.717, 1.165) is 24.3 Å². The molecule has 0 saturated heterocycles. The lowest BCUT2D eigenvalue weighted by molar-refractivity contribution is -0.139. The maximum atomic E-state index is 12.8. The number of benzene rings is 2. The van der Waals surface area contributed by atoms with Gasteiger partial charge in [0.05, 0.1) is 12.2 Å². The average molecular weight is 517 g/mol. The Morgan fingerprint density at radius 2 is 1.70 bits per heavy atom. The number of aliphatic carboxylic acids is 1. The molecule has 0 spiro atoms. The summed E-state index contributed by atoms with van der Waals surface area (Å²) in [4.78, 5) is 23.8. The molecule has 0 atom stereocenters. The van der Waals surface area contributed by atoms with Gasteiger partial charge in [0.2, 0.25) is 5.89 Å². The van der Waals surface area contributed by atoms with Crippen LogP contribution in [0.5, 0.6) is 23.4 Å². The highest BCUT2D eigenvalue weighted by molar-refractivity contribution is 5.78. The van der Waals surface area contributed by atoms with Gasteiger partial charge in [-0.3, -0.25) is 0 Å². The van der Waals surface area contributed by atoms with Gasteiger partial charge in [-0.25, -0.2) is 9.78 Å². The molecule has 0 aliphatic carbocycles. The summed E-state index contributed by atoms with van der Waals surface area (Å²) in [6.45, 7) is 5.29. The molecule has 0 radical (unpaired) electrons. The molecule has 0 fully saturated rings. The number of alkyl halides is 3. The molecule has 0 aliphatic heterocycles. The minimum atomic E-state index is -4.47. The molecule has 4 rings (SSSR count). The highest BCUT2D eigenvalue weighted by Gasteiger charge is 2.30. The molecule has 12 heteroatoms. The average Bonchev–Trinajstić information content (AvgIpc) is 3.26. The molecule has 0 amide bonds. The molecule has 1 N–H and O–H groups in total. The maximum Gasteiger partial charge on any atom is 0.416 e. The first-order chi connectivity index (χ1) is 17.5. The van der Waals surface area contributed by atoms with Crippen LogP contribution in [0.25, 0.3) is 22.7 Å². The van der Waals surface area contributed by atoms with Crippen LogP contribution in [0.3, 0.4) is 0 Å². The zero-order chi connectivity index (χ0) is 26.7. The summed E-state index contributed by atoms with van der Waals surface area (Å²) in [7, 11) is 0. The first kappa shape index (κ1) is 25.7. The largest absolute Gasteiger partial charge is 0.481 e. The molecule has 194 valence electrons. The summed E-state index contributed by atoms with van der Waals surface area (Å²) >= 11 is 0. The Bertz CT molecular complexity index is 1410. The molecule has 2 aromatic carbocycles. The molecular formula is C25H22F3N3O6. The van der Waals surface area contributed by atoms with Crippen molar-refractivity contribution >= 4 is 17.2 Å². The van der Waals surface area contributed by atoms with E-state index >= 15 is 0 Å². The third-order valence-electron chi connectivity index (χ3n) is 5.09. The van der Waals surface area contributed by atoms with Gasteiger partial charge in [-0.2, -0.15) is 23.1 Å². The van der Waals surface area contributed by atoms with Gasteiger partial charge in [-0.05, 0) is 67.8 Å². The topological polar surface area (TPSA) is 117 Å². The van der Waals surface area contributed by atoms with E-state index in [1.54, 1.807) is 26.0 Å². The highest BCUT2D eigenvalue weighted by atomic mass is 19.4. The van der Waals surface area contributed by atoms with Crippen LogP contribution in [-0.4, -0.2) is 39.2 Å². The van der Waals surface area contributed by atoms with Gasteiger partial charge in [0, 0.05) is 5.56 Å². The number of aromatic nitrogens is 3. The van der Waals surface area contributed by atoms with Gasteiger partial charge in [0.15, 0.2) is 12.1 Å². The fraction of sp³-hybridized carbons (Fsp3) is 0.280. The van der Waals surface area contributed by atoms with Crippen molar-refractivity contribution in [2.45, 2.75) is 33.4 Å². The zero-order valence-electron chi connectivity index (χ0n) is 20.0. The van der Waals surface area contributed by atoms with E-state index in [1.165, 1.54) is 0 Å². The number of carboxylic acid groups (broad SMARTS) is 1. The Hall–Kier alpha value is -4.35. The van der Waals surface area contributed by atoms with E-state index in [4.69, 9.17) is 23.7 Å². The van der Waals surface area contributed by atoms with Crippen molar-refractivity contribution in [2.24, 2.45) is 0 Å². The van der Waals surface area contributed by atoms with Crippen molar-refractivity contribution in [3.05, 3.63) is 53.1 Å². The van der Waals surface area contributed by atoms with E-state index in [0.29, 0.717) is 35.5 Å². The highest BCUT2D eigenvalue weighted by Crippen LogP contribution is 2.35. The first-order valence-electron chi connectivity index (χ1n) is 11.2. The lowest BCUT2D eigenvalue weighted by Crippen LogP contribution is -2.10. The summed E-state index contributed by atoms with van der Waals surface area (Å²) in [5.41, 5.74) is 1.43. The molecule has 2 heterocycles. The maximum absolute atomic E-state index is 12.8. The minimum Gasteiger partial charge on any atom is -0.481 e. The first-order valence-corrected chi connectivity index (χ1v) is 11.2. The van der Waals surface area contributed by atoms with Crippen LogP contribution < -0.4 is 14.2 Å². The van der Waals surface area contributed by atoms with Gasteiger partial charge >= 0.3 is 18.2 Å². The number of aryl methyl sites for hydroxylation is 2. The number of carbonyl (C=O) groups is 1. The molecule has 0 unspecified atom stereocenters. The van der Waals surface area contributed by atoms with Crippen LogP contribution in [0.2, 0.25) is 0 Å². The number of rotatable bonds is 9. The number of hydrogen-bond donors (Lipinski definition) is 1. The predicted molar refractivity (Wildman–Crippen MR) is 125 cm³/mol. The van der Waals surface area contributed by atoms with Crippen molar-refractivity contribution in [1.29, 1.82) is 0 Å². The fourth-order valence-corrected chi connectivity index (χ4v) is 3.50. The van der Waals surface area contributed by atoms with Crippen molar-refractivity contribution in [3.63, 3.8) is 0 Å². The number of hydrogen-bond acceptors (Lipinski definition) is 8. The smallest absolute Gasteiger partial charge is 0.416 e. The third-order valence-corrected chi connectivity index (χ3v) is 5.09. The Morgan fingerprint density at radius 3 is 2.30 bits per heavy atom. The van der Waals surface area contributed by atoms with Crippen LogP contribution in [0, 0.1) is 13.8 Å². The molecule has 37 heavy (non-hydrogen) atoms. The zero-order valence-corrected chi connectivity index (χ0v) is 20.0. The second kappa shape index (κ2) is 10.3. The van der Waals surface area contributed by atoms with Gasteiger partial charge in [-0.15, -0.1) is 0 Å². The van der Waals surface area contributed by atoms with E-state index in [9.17, 15) is 18.0 Å². The van der Waals surface area contributed by atoms with Crippen molar-refractivity contribution < 1.29 is 41.7 Å². The molecule has 0 bridgehead atoms. The summed E-state index contributed by atoms with van der Waals surface area (Å²) in [6.07, 6.45) is -3.79. The second-order valence-electron chi connectivity index (χ2n) is 8.08. The SMILES string of the molecule is CCCOc1nc(Oc2ccc(C(F)(F)F)cc2)nc2oc(-c3cc(C)c(OCC(=O)O)c(C)c3)nc12. The Kier molecular flexibility index (Phi) is 7.18. The van der Waals surface area contributed by atoms with Crippen LogP contribution in [0.1, 0.15) is 30.0 Å². The Balaban J connectivity index is 1.69. The third kappa shape index (κ3) is 5.90. The number of fused-ring (bicyclic) bond motifs is 1. The van der Waals surface area contributed by atoms with Gasteiger partial charge in [0.1, 0.15) is 11.5 Å². The van der Waals surface area contributed by atoms with E-state index in [1.807, 2.05) is 6.92 Å². The number of ether oxygens (including phenoxy) is 3. The summed E-state index contributed by atoms with van der Waals surface area (Å²) < 4.78 is 61.0. The normalized spacial score (nSPS) is 11.5.